The van der Waals surface area contributed by atoms with E-state index >= 15 is 0 Å². The van der Waals surface area contributed by atoms with Crippen molar-refractivity contribution in [2.75, 3.05) is 32.1 Å². The number of carbonyl (C=O) groups excluding carboxylic acids is 1. The maximum absolute atomic E-state index is 12.8. The van der Waals surface area contributed by atoms with Crippen molar-refractivity contribution in [1.29, 1.82) is 0 Å². The SMILES string of the molecule is CCCCOc1ccc(OC)cc1NC(=O)N1C[C@@H]2CCC[C@@]2(C(=O)O)C1. The number of amides is 2. The quantitative estimate of drug-likeness (QED) is 0.710. The Morgan fingerprint density at radius 3 is 2.89 bits per heavy atom. The van der Waals surface area contributed by atoms with Crippen molar-refractivity contribution in [2.24, 2.45) is 11.3 Å². The molecule has 1 aromatic carbocycles. The highest BCUT2D eigenvalue weighted by Crippen LogP contribution is 2.49. The number of unbranched alkanes of at least 4 members (excludes halogenated alkanes) is 1. The van der Waals surface area contributed by atoms with Crippen LogP contribution in [-0.2, 0) is 4.79 Å². The fourth-order valence-corrected chi connectivity index (χ4v) is 4.17. The van der Waals surface area contributed by atoms with Gasteiger partial charge in [0.25, 0.3) is 0 Å². The largest absolute Gasteiger partial charge is 0.497 e. The molecule has 2 N–H and O–H groups in total. The Bertz CT molecular complexity index is 708. The van der Waals surface area contributed by atoms with Gasteiger partial charge in [0.05, 0.1) is 24.8 Å². The molecule has 2 fully saturated rings. The van der Waals surface area contributed by atoms with Crippen molar-refractivity contribution >= 4 is 17.7 Å². The average Bonchev–Trinajstić information content (AvgIpc) is 3.21. The van der Waals surface area contributed by atoms with Gasteiger partial charge in [-0.05, 0) is 37.3 Å². The van der Waals surface area contributed by atoms with Gasteiger partial charge < -0.3 is 24.8 Å². The van der Waals surface area contributed by atoms with Crippen LogP contribution in [0.1, 0.15) is 39.0 Å². The minimum absolute atomic E-state index is 0.0336. The maximum Gasteiger partial charge on any atom is 0.321 e. The molecule has 7 heteroatoms. The first kappa shape index (κ1) is 19.3. The second kappa shape index (κ2) is 8.06. The van der Waals surface area contributed by atoms with Crippen LogP contribution < -0.4 is 14.8 Å². The minimum atomic E-state index is -0.787. The fourth-order valence-electron chi connectivity index (χ4n) is 4.17. The summed E-state index contributed by atoms with van der Waals surface area (Å²) in [5.74, 6) is 0.454. The zero-order valence-corrected chi connectivity index (χ0v) is 16.0. The fraction of sp³-hybridized carbons (Fsp3) is 0.600. The van der Waals surface area contributed by atoms with Gasteiger partial charge in [-0.15, -0.1) is 0 Å². The predicted octanol–water partition coefficient (Wildman–Crippen LogP) is 3.59. The number of benzene rings is 1. The van der Waals surface area contributed by atoms with Crippen molar-refractivity contribution < 1.29 is 24.2 Å². The molecule has 1 heterocycles. The van der Waals surface area contributed by atoms with Crippen molar-refractivity contribution in [3.8, 4) is 11.5 Å². The van der Waals surface area contributed by atoms with Gasteiger partial charge in [0.1, 0.15) is 11.5 Å². The zero-order chi connectivity index (χ0) is 19.4. The molecule has 0 aromatic heterocycles. The van der Waals surface area contributed by atoms with E-state index in [4.69, 9.17) is 9.47 Å². The van der Waals surface area contributed by atoms with Gasteiger partial charge >= 0.3 is 12.0 Å². The molecule has 1 aromatic rings. The number of carbonyl (C=O) groups is 2. The third-order valence-electron chi connectivity index (χ3n) is 5.77. The summed E-state index contributed by atoms with van der Waals surface area (Å²) in [7, 11) is 1.57. The molecule has 1 saturated heterocycles. The number of carboxylic acid groups (broad SMARTS) is 1. The van der Waals surface area contributed by atoms with Crippen LogP contribution in [0, 0.1) is 11.3 Å². The molecule has 7 nitrogen and oxygen atoms in total. The van der Waals surface area contributed by atoms with Gasteiger partial charge in [0, 0.05) is 19.2 Å². The number of ether oxygens (including phenoxy) is 2. The molecule has 3 rings (SSSR count). The second-order valence-electron chi connectivity index (χ2n) is 7.43. The monoisotopic (exact) mass is 376 g/mol. The van der Waals surface area contributed by atoms with E-state index in [0.29, 0.717) is 36.8 Å². The lowest BCUT2D eigenvalue weighted by molar-refractivity contribution is -0.149. The summed E-state index contributed by atoms with van der Waals surface area (Å²) < 4.78 is 11.0. The van der Waals surface area contributed by atoms with E-state index < -0.39 is 11.4 Å². The summed E-state index contributed by atoms with van der Waals surface area (Å²) in [6, 6.07) is 5.00. The van der Waals surface area contributed by atoms with Gasteiger partial charge in [-0.1, -0.05) is 19.8 Å². The summed E-state index contributed by atoms with van der Waals surface area (Å²) in [6.45, 7) is 3.39. The van der Waals surface area contributed by atoms with E-state index in [1.54, 1.807) is 30.2 Å². The second-order valence-corrected chi connectivity index (χ2v) is 7.43. The number of nitrogens with zero attached hydrogens (tertiary/aromatic N) is 1. The number of aliphatic carboxylic acids is 1. The molecule has 27 heavy (non-hydrogen) atoms. The van der Waals surface area contributed by atoms with Crippen LogP contribution in [0.15, 0.2) is 18.2 Å². The Hall–Kier alpha value is -2.44. The Morgan fingerprint density at radius 1 is 1.41 bits per heavy atom. The van der Waals surface area contributed by atoms with Crippen LogP contribution in [0.4, 0.5) is 10.5 Å². The highest BCUT2D eigenvalue weighted by molar-refractivity contribution is 5.92. The number of hydrogen-bond donors (Lipinski definition) is 2. The molecule has 0 radical (unpaired) electrons. The number of nitrogens with one attached hydrogen (secondary N) is 1. The Labute approximate surface area is 159 Å². The van der Waals surface area contributed by atoms with Crippen molar-refractivity contribution in [3.63, 3.8) is 0 Å². The molecule has 2 amide bonds. The van der Waals surface area contributed by atoms with Gasteiger partial charge in [0.2, 0.25) is 0 Å². The van der Waals surface area contributed by atoms with Gasteiger partial charge in [-0.3, -0.25) is 4.79 Å². The van der Waals surface area contributed by atoms with Crippen molar-refractivity contribution in [3.05, 3.63) is 18.2 Å². The zero-order valence-electron chi connectivity index (χ0n) is 16.0. The topological polar surface area (TPSA) is 88.1 Å². The van der Waals surface area contributed by atoms with E-state index in [2.05, 4.69) is 12.2 Å². The molecular formula is C20H28N2O5. The van der Waals surface area contributed by atoms with E-state index in [0.717, 1.165) is 25.7 Å². The Balaban J connectivity index is 1.73. The molecule has 2 atom stereocenters. The van der Waals surface area contributed by atoms with Crippen LogP contribution in [0.5, 0.6) is 11.5 Å². The van der Waals surface area contributed by atoms with E-state index in [1.807, 2.05) is 0 Å². The van der Waals surface area contributed by atoms with Crippen molar-refractivity contribution in [2.45, 2.75) is 39.0 Å². The molecule has 0 bridgehead atoms. The van der Waals surface area contributed by atoms with E-state index in [-0.39, 0.29) is 18.5 Å². The normalized spacial score (nSPS) is 23.8. The number of methoxy groups -OCH3 is 1. The molecule has 1 aliphatic carbocycles. The van der Waals surface area contributed by atoms with Gasteiger partial charge in [-0.25, -0.2) is 4.79 Å². The molecule has 0 unspecified atom stereocenters. The van der Waals surface area contributed by atoms with E-state index in [9.17, 15) is 14.7 Å². The highest BCUT2D eigenvalue weighted by Gasteiger charge is 2.55. The lowest BCUT2D eigenvalue weighted by Crippen LogP contribution is -2.38. The molecular weight excluding hydrogens is 348 g/mol. The summed E-state index contributed by atoms with van der Waals surface area (Å²) in [5.41, 5.74) is -0.247. The standard InChI is InChI=1S/C20H28N2O5/c1-3-4-10-27-17-8-7-15(26-2)11-16(17)21-19(25)22-12-14-6-5-9-20(14,13-22)18(23)24/h7-8,11,14H,3-6,9-10,12-13H2,1-2H3,(H,21,25)(H,23,24)/t14-,20+/m0/s1. The number of likely N-dealkylation sites (tertiary alicyclic amines) is 1. The average molecular weight is 376 g/mol. The molecule has 1 aliphatic heterocycles. The molecule has 148 valence electrons. The predicted molar refractivity (Wildman–Crippen MR) is 101 cm³/mol. The Morgan fingerprint density at radius 2 is 2.22 bits per heavy atom. The number of fused-ring (bicyclic) bond motifs is 1. The van der Waals surface area contributed by atoms with Crippen molar-refractivity contribution in [1.82, 2.24) is 4.90 Å². The van der Waals surface area contributed by atoms with Gasteiger partial charge in [0.15, 0.2) is 0 Å². The number of carboxylic acids is 1. The number of urea groups is 1. The van der Waals surface area contributed by atoms with Crippen LogP contribution in [0.3, 0.4) is 0 Å². The number of rotatable bonds is 7. The lowest BCUT2D eigenvalue weighted by Gasteiger charge is -2.23. The van der Waals surface area contributed by atoms with Crippen LogP contribution >= 0.6 is 0 Å². The van der Waals surface area contributed by atoms with Gasteiger partial charge in [-0.2, -0.15) is 0 Å². The minimum Gasteiger partial charge on any atom is -0.497 e. The summed E-state index contributed by atoms with van der Waals surface area (Å²) in [4.78, 5) is 26.3. The third-order valence-corrected chi connectivity index (χ3v) is 5.77. The highest BCUT2D eigenvalue weighted by atomic mass is 16.5. The maximum atomic E-state index is 12.8. The summed E-state index contributed by atoms with van der Waals surface area (Å²) in [6.07, 6.45) is 4.36. The summed E-state index contributed by atoms with van der Waals surface area (Å²) in [5, 5.41) is 12.6. The van der Waals surface area contributed by atoms with Crippen LogP contribution in [0.2, 0.25) is 0 Å². The lowest BCUT2D eigenvalue weighted by atomic mass is 9.81. The van der Waals surface area contributed by atoms with Crippen LogP contribution in [-0.4, -0.2) is 48.8 Å². The first-order valence-corrected chi connectivity index (χ1v) is 9.60. The molecule has 2 aliphatic rings. The number of anilines is 1. The van der Waals surface area contributed by atoms with Crippen LogP contribution in [0.25, 0.3) is 0 Å². The first-order chi connectivity index (χ1) is 13.0. The summed E-state index contributed by atoms with van der Waals surface area (Å²) >= 11 is 0. The first-order valence-electron chi connectivity index (χ1n) is 9.60. The van der Waals surface area contributed by atoms with E-state index in [1.165, 1.54) is 0 Å². The smallest absolute Gasteiger partial charge is 0.321 e. The number of hydrogen-bond acceptors (Lipinski definition) is 4. The Kier molecular flexibility index (Phi) is 5.77. The third kappa shape index (κ3) is 3.82. The molecule has 1 saturated carbocycles. The molecule has 0 spiro atoms.